The van der Waals surface area contributed by atoms with Gasteiger partial charge in [0.15, 0.2) is 0 Å². The fourth-order valence-corrected chi connectivity index (χ4v) is 1.43. The minimum atomic E-state index is 0.157. The predicted octanol–water partition coefficient (Wildman–Crippen LogP) is 0.941. The first-order valence-electron chi connectivity index (χ1n) is 5.05. The fourth-order valence-electron chi connectivity index (χ4n) is 1.43. The Labute approximate surface area is 85.5 Å². The molecule has 1 N–H and O–H groups in total. The monoisotopic (exact) mass is 194 g/mol. The number of nitrogens with one attached hydrogen (secondary N) is 1. The second-order valence-electron chi connectivity index (χ2n) is 3.42. The molecule has 0 unspecified atom stereocenters. The molecule has 14 heavy (non-hydrogen) atoms. The number of nitrogens with zero attached hydrogens (tertiary/aromatic N) is 1. The Morgan fingerprint density at radius 3 is 2.57 bits per heavy atom. The van der Waals surface area contributed by atoms with E-state index in [4.69, 9.17) is 0 Å². The molecule has 1 heterocycles. The van der Waals surface area contributed by atoms with E-state index in [9.17, 15) is 4.79 Å². The van der Waals surface area contributed by atoms with Crippen molar-refractivity contribution in [1.82, 2.24) is 10.2 Å². The molecule has 0 spiro atoms. The minimum absolute atomic E-state index is 0.157. The normalized spacial score (nSPS) is 19.0. The van der Waals surface area contributed by atoms with Crippen molar-refractivity contribution in [3.8, 4) is 0 Å². The molecule has 0 atom stereocenters. The summed E-state index contributed by atoms with van der Waals surface area (Å²) >= 11 is 0. The van der Waals surface area contributed by atoms with E-state index in [1.807, 2.05) is 37.0 Å². The smallest absolute Gasteiger partial charge is 0.249 e. The van der Waals surface area contributed by atoms with Crippen molar-refractivity contribution in [3.63, 3.8) is 0 Å². The molecule has 0 aromatic heterocycles. The molecule has 0 radical (unpaired) electrons. The maximum absolute atomic E-state index is 11.8. The second kappa shape index (κ2) is 5.60. The summed E-state index contributed by atoms with van der Waals surface area (Å²) in [6.07, 6.45) is 5.69. The van der Waals surface area contributed by atoms with Gasteiger partial charge in [-0.3, -0.25) is 4.79 Å². The van der Waals surface area contributed by atoms with Crippen molar-refractivity contribution < 1.29 is 4.79 Å². The highest BCUT2D eigenvalue weighted by molar-refractivity contribution is 5.93. The number of carbonyl (C=O) groups is 1. The van der Waals surface area contributed by atoms with E-state index in [0.717, 1.165) is 31.8 Å². The van der Waals surface area contributed by atoms with Gasteiger partial charge >= 0.3 is 0 Å². The average molecular weight is 194 g/mol. The highest BCUT2D eigenvalue weighted by Gasteiger charge is 2.16. The molecule has 0 aliphatic carbocycles. The lowest BCUT2D eigenvalue weighted by Crippen LogP contribution is -2.46. The van der Waals surface area contributed by atoms with Crippen LogP contribution < -0.4 is 5.32 Å². The van der Waals surface area contributed by atoms with Crippen LogP contribution in [0.15, 0.2) is 23.8 Å². The Morgan fingerprint density at radius 1 is 1.36 bits per heavy atom. The summed E-state index contributed by atoms with van der Waals surface area (Å²) in [6.45, 7) is 7.26. The van der Waals surface area contributed by atoms with E-state index >= 15 is 0 Å². The molecule has 1 aliphatic heterocycles. The number of hydrogen-bond donors (Lipinski definition) is 1. The predicted molar refractivity (Wildman–Crippen MR) is 58.0 cm³/mol. The fraction of sp³-hybridized carbons (Fsp3) is 0.545. The topological polar surface area (TPSA) is 32.3 Å². The van der Waals surface area contributed by atoms with Crippen molar-refractivity contribution >= 4 is 5.91 Å². The second-order valence-corrected chi connectivity index (χ2v) is 3.42. The van der Waals surface area contributed by atoms with Crippen molar-refractivity contribution in [2.24, 2.45) is 0 Å². The SMILES string of the molecule is C/C=C\C=C(/C)C(=O)N1CCNCC1. The maximum Gasteiger partial charge on any atom is 0.249 e. The molecular weight excluding hydrogens is 176 g/mol. The third kappa shape index (κ3) is 3.00. The summed E-state index contributed by atoms with van der Waals surface area (Å²) in [7, 11) is 0. The molecule has 1 amide bonds. The number of piperazine rings is 1. The molecule has 1 rings (SSSR count). The summed E-state index contributed by atoms with van der Waals surface area (Å²) in [4.78, 5) is 13.7. The van der Waals surface area contributed by atoms with E-state index in [1.54, 1.807) is 0 Å². The standard InChI is InChI=1S/C11H18N2O/c1-3-4-5-10(2)11(14)13-8-6-12-7-9-13/h3-5,12H,6-9H2,1-2H3/b4-3-,10-5+. The highest BCUT2D eigenvalue weighted by atomic mass is 16.2. The number of amides is 1. The van der Waals surface area contributed by atoms with Crippen molar-refractivity contribution in [2.45, 2.75) is 13.8 Å². The first-order chi connectivity index (χ1) is 6.75. The zero-order valence-electron chi connectivity index (χ0n) is 8.92. The third-order valence-corrected chi connectivity index (χ3v) is 2.28. The maximum atomic E-state index is 11.8. The van der Waals surface area contributed by atoms with Crippen LogP contribution in [0.1, 0.15) is 13.8 Å². The summed E-state index contributed by atoms with van der Waals surface area (Å²) in [5.74, 6) is 0.157. The Kier molecular flexibility index (Phi) is 4.40. The summed E-state index contributed by atoms with van der Waals surface area (Å²) in [6, 6.07) is 0. The Morgan fingerprint density at radius 2 is 2.00 bits per heavy atom. The lowest BCUT2D eigenvalue weighted by Gasteiger charge is -2.27. The molecule has 0 bridgehead atoms. The van der Waals surface area contributed by atoms with Crippen molar-refractivity contribution in [1.29, 1.82) is 0 Å². The molecule has 1 fully saturated rings. The van der Waals surface area contributed by atoms with Gasteiger partial charge in [-0.2, -0.15) is 0 Å². The van der Waals surface area contributed by atoms with Crippen LogP contribution in [-0.4, -0.2) is 37.0 Å². The number of rotatable bonds is 2. The minimum Gasteiger partial charge on any atom is -0.336 e. The number of allylic oxidation sites excluding steroid dienone is 3. The molecule has 3 heteroatoms. The molecular formula is C11H18N2O. The average Bonchev–Trinajstić information content (AvgIpc) is 2.26. The van der Waals surface area contributed by atoms with E-state index in [2.05, 4.69) is 5.32 Å². The van der Waals surface area contributed by atoms with Gasteiger partial charge in [-0.25, -0.2) is 0 Å². The van der Waals surface area contributed by atoms with Crippen LogP contribution in [0.5, 0.6) is 0 Å². The largest absolute Gasteiger partial charge is 0.336 e. The van der Waals surface area contributed by atoms with Gasteiger partial charge in [0.1, 0.15) is 0 Å². The quantitative estimate of drug-likeness (QED) is 0.524. The Balaban J connectivity index is 2.54. The zero-order valence-corrected chi connectivity index (χ0v) is 8.92. The van der Waals surface area contributed by atoms with Gasteiger partial charge in [0.05, 0.1) is 0 Å². The van der Waals surface area contributed by atoms with Gasteiger partial charge in [0.25, 0.3) is 0 Å². The van der Waals surface area contributed by atoms with Crippen LogP contribution in [0, 0.1) is 0 Å². The summed E-state index contributed by atoms with van der Waals surface area (Å²) in [5.41, 5.74) is 0.810. The van der Waals surface area contributed by atoms with Crippen LogP contribution in [0.25, 0.3) is 0 Å². The lowest BCUT2D eigenvalue weighted by molar-refractivity contribution is -0.127. The van der Waals surface area contributed by atoms with E-state index in [-0.39, 0.29) is 5.91 Å². The number of carbonyl (C=O) groups excluding carboxylic acids is 1. The van der Waals surface area contributed by atoms with E-state index in [0.29, 0.717) is 0 Å². The van der Waals surface area contributed by atoms with E-state index in [1.165, 1.54) is 0 Å². The molecule has 0 aromatic rings. The molecule has 0 aromatic carbocycles. The van der Waals surface area contributed by atoms with E-state index < -0.39 is 0 Å². The van der Waals surface area contributed by atoms with Crippen LogP contribution in [0.2, 0.25) is 0 Å². The zero-order chi connectivity index (χ0) is 10.4. The van der Waals surface area contributed by atoms with Crippen LogP contribution in [0.3, 0.4) is 0 Å². The first-order valence-corrected chi connectivity index (χ1v) is 5.05. The summed E-state index contributed by atoms with van der Waals surface area (Å²) in [5, 5.41) is 3.22. The van der Waals surface area contributed by atoms with Gasteiger partial charge in [-0.05, 0) is 13.8 Å². The molecule has 0 saturated carbocycles. The van der Waals surface area contributed by atoms with Gasteiger partial charge in [0.2, 0.25) is 5.91 Å². The van der Waals surface area contributed by atoms with Crippen molar-refractivity contribution in [2.75, 3.05) is 26.2 Å². The van der Waals surface area contributed by atoms with Gasteiger partial charge in [-0.15, -0.1) is 0 Å². The van der Waals surface area contributed by atoms with Crippen LogP contribution in [-0.2, 0) is 4.79 Å². The Hall–Kier alpha value is -1.09. The van der Waals surface area contributed by atoms with Gasteiger partial charge in [0, 0.05) is 31.8 Å². The van der Waals surface area contributed by atoms with Crippen LogP contribution in [0.4, 0.5) is 0 Å². The van der Waals surface area contributed by atoms with Gasteiger partial charge in [-0.1, -0.05) is 18.2 Å². The van der Waals surface area contributed by atoms with Crippen molar-refractivity contribution in [3.05, 3.63) is 23.8 Å². The lowest BCUT2D eigenvalue weighted by atomic mass is 10.2. The summed E-state index contributed by atoms with van der Waals surface area (Å²) < 4.78 is 0. The molecule has 1 aliphatic rings. The molecule has 3 nitrogen and oxygen atoms in total. The highest BCUT2D eigenvalue weighted by Crippen LogP contribution is 2.02. The first kappa shape index (κ1) is 11.0. The number of hydrogen-bond acceptors (Lipinski definition) is 2. The molecule has 1 saturated heterocycles. The van der Waals surface area contributed by atoms with Gasteiger partial charge < -0.3 is 10.2 Å². The molecule has 78 valence electrons. The third-order valence-electron chi connectivity index (χ3n) is 2.28. The van der Waals surface area contributed by atoms with Crippen LogP contribution >= 0.6 is 0 Å². The Bertz CT molecular complexity index is 250.